The van der Waals surface area contributed by atoms with E-state index in [0.717, 1.165) is 22.2 Å². The molecule has 9 nitrogen and oxygen atoms in total. The maximum Gasteiger partial charge on any atom is 0.333 e. The van der Waals surface area contributed by atoms with E-state index in [0.29, 0.717) is 23.0 Å². The standard InChI is InChI=1S/C28H22N4O5S.BrH/c1-19-10-16-22(17-11-19)38(36,37)30-28(33)29-27-23-6-2-4-8-25(23)31(26-9-5-3-7-24(26)27)18-20-12-14-21(15-13-20)32(34)35;/h2-17H,18H2,1H3,(H,30,33);1H. The Morgan fingerprint density at radius 2 is 1.38 bits per heavy atom. The minimum Gasteiger partial charge on any atom is -1.00 e. The molecule has 0 aliphatic rings. The zero-order valence-electron chi connectivity index (χ0n) is 20.7. The Hall–Kier alpha value is -4.35. The van der Waals surface area contributed by atoms with Gasteiger partial charge in [-0.2, -0.15) is 4.57 Å². The largest absolute Gasteiger partial charge is 1.00 e. The van der Waals surface area contributed by atoms with Crippen molar-refractivity contribution in [3.05, 3.63) is 118 Å². The number of hydrogen-bond acceptors (Lipinski definition) is 5. The Morgan fingerprint density at radius 3 is 1.92 bits per heavy atom. The Bertz CT molecular complexity index is 1750. The monoisotopic (exact) mass is 606 g/mol. The first-order chi connectivity index (χ1) is 18.2. The minimum atomic E-state index is -4.08. The van der Waals surface area contributed by atoms with Crippen molar-refractivity contribution in [2.75, 3.05) is 5.32 Å². The number of pyridine rings is 1. The van der Waals surface area contributed by atoms with Crippen LogP contribution in [0.1, 0.15) is 11.1 Å². The smallest absolute Gasteiger partial charge is 0.333 e. The van der Waals surface area contributed by atoms with E-state index in [1.54, 1.807) is 24.3 Å². The summed E-state index contributed by atoms with van der Waals surface area (Å²) in [6.07, 6.45) is 0. The summed E-state index contributed by atoms with van der Waals surface area (Å²) < 4.78 is 29.7. The van der Waals surface area contributed by atoms with Gasteiger partial charge in [0.15, 0.2) is 6.54 Å². The average molecular weight is 607 g/mol. The molecule has 2 amide bonds. The van der Waals surface area contributed by atoms with E-state index in [1.807, 2.05) is 55.5 Å². The van der Waals surface area contributed by atoms with Crippen molar-refractivity contribution in [3.8, 4) is 0 Å². The average Bonchev–Trinajstić information content (AvgIpc) is 2.90. The van der Waals surface area contributed by atoms with Crippen molar-refractivity contribution >= 4 is 49.2 Å². The van der Waals surface area contributed by atoms with E-state index in [4.69, 9.17) is 0 Å². The second kappa shape index (κ2) is 11.2. The second-order valence-corrected chi connectivity index (χ2v) is 10.5. The van der Waals surface area contributed by atoms with Crippen molar-refractivity contribution in [2.24, 2.45) is 0 Å². The summed E-state index contributed by atoms with van der Waals surface area (Å²) in [5.41, 5.74) is 3.83. The van der Waals surface area contributed by atoms with Crippen LogP contribution in [0.2, 0.25) is 0 Å². The lowest BCUT2D eigenvalue weighted by Gasteiger charge is -2.14. The van der Waals surface area contributed by atoms with Gasteiger partial charge in [-0.3, -0.25) is 10.1 Å². The molecule has 11 heteroatoms. The van der Waals surface area contributed by atoms with E-state index in [2.05, 4.69) is 14.6 Å². The van der Waals surface area contributed by atoms with Crippen LogP contribution in [0, 0.1) is 17.0 Å². The summed E-state index contributed by atoms with van der Waals surface area (Å²) in [6, 6.07) is 26.6. The number of anilines is 1. The van der Waals surface area contributed by atoms with Crippen LogP contribution in [0.3, 0.4) is 0 Å². The highest BCUT2D eigenvalue weighted by atomic mass is 79.9. The van der Waals surface area contributed by atoms with Gasteiger partial charge < -0.3 is 22.3 Å². The number of rotatable bonds is 6. The van der Waals surface area contributed by atoms with Gasteiger partial charge >= 0.3 is 6.03 Å². The number of carbonyl (C=O) groups excluding carboxylic acids is 1. The topological polar surface area (TPSA) is 122 Å². The number of aromatic nitrogens is 1. The van der Waals surface area contributed by atoms with Gasteiger partial charge in [-0.15, -0.1) is 0 Å². The summed E-state index contributed by atoms with van der Waals surface area (Å²) in [4.78, 5) is 23.6. The number of amides is 2. The fourth-order valence-corrected chi connectivity index (χ4v) is 5.27. The molecule has 0 aliphatic heterocycles. The molecule has 5 rings (SSSR count). The highest BCUT2D eigenvalue weighted by Gasteiger charge is 2.24. The lowest BCUT2D eigenvalue weighted by Crippen LogP contribution is -3.00. The Morgan fingerprint density at radius 1 is 0.846 bits per heavy atom. The van der Waals surface area contributed by atoms with Crippen LogP contribution in [0.5, 0.6) is 0 Å². The third-order valence-electron chi connectivity index (χ3n) is 6.21. The quantitative estimate of drug-likeness (QED) is 0.133. The molecule has 2 N–H and O–H groups in total. The van der Waals surface area contributed by atoms with Gasteiger partial charge in [0.2, 0.25) is 11.0 Å². The maximum absolute atomic E-state index is 13.0. The number of non-ortho nitro benzene ring substituents is 1. The Labute approximate surface area is 235 Å². The van der Waals surface area contributed by atoms with Crippen molar-refractivity contribution in [3.63, 3.8) is 0 Å². The number of nitro benzene ring substituents is 1. The number of hydrogen-bond donors (Lipinski definition) is 2. The van der Waals surface area contributed by atoms with Gasteiger partial charge in [-0.05, 0) is 43.3 Å². The highest BCUT2D eigenvalue weighted by Crippen LogP contribution is 2.30. The number of nitrogens with one attached hydrogen (secondary N) is 2. The molecule has 0 atom stereocenters. The molecule has 0 saturated heterocycles. The lowest BCUT2D eigenvalue weighted by atomic mass is 10.1. The summed E-state index contributed by atoms with van der Waals surface area (Å²) in [7, 11) is -4.08. The van der Waals surface area contributed by atoms with Gasteiger partial charge in [-0.1, -0.05) is 42.0 Å². The molecule has 0 fully saturated rings. The predicted molar refractivity (Wildman–Crippen MR) is 144 cm³/mol. The number of nitrogens with zero attached hydrogens (tertiary/aromatic N) is 2. The molecular weight excluding hydrogens is 584 g/mol. The number of sulfonamides is 1. The number of nitro groups is 1. The van der Waals surface area contributed by atoms with Crippen molar-refractivity contribution < 1.29 is 39.7 Å². The predicted octanol–water partition coefficient (Wildman–Crippen LogP) is 2.06. The number of urea groups is 1. The summed E-state index contributed by atoms with van der Waals surface area (Å²) in [5, 5.41) is 15.2. The number of carbonyl (C=O) groups is 1. The van der Waals surface area contributed by atoms with Crippen LogP contribution in [-0.2, 0) is 16.6 Å². The zero-order valence-corrected chi connectivity index (χ0v) is 23.1. The van der Waals surface area contributed by atoms with Gasteiger partial charge in [0.05, 0.1) is 26.3 Å². The first kappa shape index (κ1) is 27.7. The molecule has 0 bridgehead atoms. The molecule has 1 heterocycles. The molecule has 0 spiro atoms. The lowest BCUT2D eigenvalue weighted by molar-refractivity contribution is -0.635. The van der Waals surface area contributed by atoms with Gasteiger partial charge in [0.25, 0.3) is 15.7 Å². The molecule has 198 valence electrons. The SMILES string of the molecule is Cc1ccc(S(=O)(=O)NC(=O)Nc2c3ccccc3[n+](Cc3ccc([N+](=O)[O-])cc3)c3ccccc23)cc1.[Br-]. The van der Waals surface area contributed by atoms with Crippen molar-refractivity contribution in [2.45, 2.75) is 18.4 Å². The van der Waals surface area contributed by atoms with Crippen LogP contribution >= 0.6 is 0 Å². The van der Waals surface area contributed by atoms with E-state index in [9.17, 15) is 23.3 Å². The van der Waals surface area contributed by atoms with Gasteiger partial charge in [0, 0.05) is 29.8 Å². The molecular formula is C28H23BrN4O5S. The molecule has 1 aromatic heterocycles. The van der Waals surface area contributed by atoms with Crippen LogP contribution in [0.4, 0.5) is 16.2 Å². The number of para-hydroxylation sites is 2. The van der Waals surface area contributed by atoms with Crippen LogP contribution in [0.15, 0.2) is 102 Å². The first-order valence-corrected chi connectivity index (χ1v) is 13.2. The Balaban J connectivity index is 0.00000353. The fraction of sp³-hybridized carbons (Fsp3) is 0.0714. The molecule has 0 saturated carbocycles. The van der Waals surface area contributed by atoms with Gasteiger partial charge in [0.1, 0.15) is 0 Å². The first-order valence-electron chi connectivity index (χ1n) is 11.7. The van der Waals surface area contributed by atoms with E-state index >= 15 is 0 Å². The number of halogens is 1. The van der Waals surface area contributed by atoms with Crippen LogP contribution < -0.4 is 31.6 Å². The molecule has 5 aromatic rings. The van der Waals surface area contributed by atoms with Crippen LogP contribution in [0.25, 0.3) is 21.8 Å². The van der Waals surface area contributed by atoms with Gasteiger partial charge in [-0.25, -0.2) is 17.9 Å². The third-order valence-corrected chi connectivity index (χ3v) is 7.56. The summed E-state index contributed by atoms with van der Waals surface area (Å²) in [5.74, 6) is 0. The van der Waals surface area contributed by atoms with Crippen molar-refractivity contribution in [1.29, 1.82) is 0 Å². The third kappa shape index (κ3) is 5.74. The zero-order chi connectivity index (χ0) is 26.9. The number of aryl methyl sites for hydroxylation is 1. The van der Waals surface area contributed by atoms with E-state index in [1.165, 1.54) is 24.3 Å². The number of benzene rings is 4. The highest BCUT2D eigenvalue weighted by molar-refractivity contribution is 7.90. The summed E-state index contributed by atoms with van der Waals surface area (Å²) in [6.45, 7) is 2.27. The molecule has 0 radical (unpaired) electrons. The van der Waals surface area contributed by atoms with E-state index in [-0.39, 0.29) is 27.6 Å². The summed E-state index contributed by atoms with van der Waals surface area (Å²) >= 11 is 0. The van der Waals surface area contributed by atoms with Crippen molar-refractivity contribution in [1.82, 2.24) is 4.72 Å². The molecule has 0 unspecified atom stereocenters. The number of fused-ring (bicyclic) bond motifs is 2. The Kier molecular flexibility index (Phi) is 7.93. The molecule has 4 aromatic carbocycles. The minimum absolute atomic E-state index is 0. The van der Waals surface area contributed by atoms with Crippen LogP contribution in [-0.4, -0.2) is 19.4 Å². The molecule has 0 aliphatic carbocycles. The fourth-order valence-electron chi connectivity index (χ4n) is 4.36. The second-order valence-electron chi connectivity index (χ2n) is 8.79. The normalized spacial score (nSPS) is 11.1. The van der Waals surface area contributed by atoms with E-state index < -0.39 is 21.0 Å². The maximum atomic E-state index is 13.0. The molecule has 39 heavy (non-hydrogen) atoms.